The lowest BCUT2D eigenvalue weighted by Crippen LogP contribution is -1.93. The zero-order valence-corrected chi connectivity index (χ0v) is 6.18. The first kappa shape index (κ1) is 6.73. The molecule has 0 unspecified atom stereocenters. The molecule has 0 amide bonds. The lowest BCUT2D eigenvalue weighted by Gasteiger charge is -1.94. The van der Waals surface area contributed by atoms with Crippen LogP contribution in [0.5, 0.6) is 0 Å². The molecule has 5 nitrogen and oxygen atoms in total. The van der Waals surface area contributed by atoms with Crippen LogP contribution in [-0.4, -0.2) is 19.6 Å². The Hall–Kier alpha value is -1.96. The van der Waals surface area contributed by atoms with Crippen LogP contribution in [0, 0.1) is 11.3 Å². The van der Waals surface area contributed by atoms with Crippen molar-refractivity contribution in [1.29, 1.82) is 5.26 Å². The summed E-state index contributed by atoms with van der Waals surface area (Å²) in [5.74, 6) is 0. The summed E-state index contributed by atoms with van der Waals surface area (Å²) in [6, 6.07) is 2.02. The fraction of sp³-hybridized carbons (Fsp3) is 0.143. The van der Waals surface area contributed by atoms with Crippen molar-refractivity contribution >= 4 is 5.65 Å². The van der Waals surface area contributed by atoms with E-state index in [4.69, 9.17) is 5.26 Å². The van der Waals surface area contributed by atoms with Gasteiger partial charge in [0.2, 0.25) is 0 Å². The highest BCUT2D eigenvalue weighted by Gasteiger charge is 2.02. The lowest BCUT2D eigenvalue weighted by molar-refractivity contribution is 1.04. The predicted molar refractivity (Wildman–Crippen MR) is 40.1 cm³/mol. The van der Waals surface area contributed by atoms with Crippen LogP contribution in [0.4, 0.5) is 0 Å². The molecule has 12 heavy (non-hydrogen) atoms. The van der Waals surface area contributed by atoms with Crippen LogP contribution in [0.15, 0.2) is 18.7 Å². The van der Waals surface area contributed by atoms with Gasteiger partial charge in [0.05, 0.1) is 18.2 Å². The Morgan fingerprint density at radius 3 is 3.33 bits per heavy atom. The van der Waals surface area contributed by atoms with E-state index >= 15 is 0 Å². The van der Waals surface area contributed by atoms with Crippen molar-refractivity contribution in [2.45, 2.75) is 6.42 Å². The minimum Gasteiger partial charge on any atom is -0.286 e. The molecular formula is C7H5N5. The van der Waals surface area contributed by atoms with Crippen LogP contribution >= 0.6 is 0 Å². The molecule has 58 valence electrons. The highest BCUT2D eigenvalue weighted by atomic mass is 15.2. The third-order valence-corrected chi connectivity index (χ3v) is 1.54. The Labute approximate surface area is 68.3 Å². The number of rotatable bonds is 1. The van der Waals surface area contributed by atoms with Gasteiger partial charge in [-0.1, -0.05) is 0 Å². The van der Waals surface area contributed by atoms with E-state index in [1.165, 1.54) is 0 Å². The van der Waals surface area contributed by atoms with Gasteiger partial charge in [0.1, 0.15) is 6.33 Å². The number of hydrogen-bond donors (Lipinski definition) is 0. The van der Waals surface area contributed by atoms with Gasteiger partial charge in [-0.25, -0.2) is 0 Å². The number of hydrogen-bond acceptors (Lipinski definition) is 4. The summed E-state index contributed by atoms with van der Waals surface area (Å²) in [5, 5.41) is 16.0. The highest BCUT2D eigenvalue weighted by Crippen LogP contribution is 2.03. The molecular weight excluding hydrogens is 154 g/mol. The molecule has 2 aromatic heterocycles. The molecule has 0 spiro atoms. The molecule has 0 aliphatic carbocycles. The van der Waals surface area contributed by atoms with Gasteiger partial charge in [-0.3, -0.25) is 9.38 Å². The van der Waals surface area contributed by atoms with Gasteiger partial charge in [-0.15, -0.1) is 10.2 Å². The summed E-state index contributed by atoms with van der Waals surface area (Å²) in [6.07, 6.45) is 5.22. The van der Waals surface area contributed by atoms with Crippen molar-refractivity contribution in [2.75, 3.05) is 0 Å². The minimum absolute atomic E-state index is 0.267. The number of fused-ring (bicyclic) bond motifs is 1. The molecule has 0 N–H and O–H groups in total. The summed E-state index contributed by atoms with van der Waals surface area (Å²) >= 11 is 0. The Bertz CT molecular complexity index is 438. The van der Waals surface area contributed by atoms with Gasteiger partial charge in [0, 0.05) is 12.4 Å². The second-order valence-electron chi connectivity index (χ2n) is 2.27. The fourth-order valence-electron chi connectivity index (χ4n) is 1.01. The van der Waals surface area contributed by atoms with E-state index in [0.717, 1.165) is 0 Å². The quantitative estimate of drug-likeness (QED) is 0.595. The van der Waals surface area contributed by atoms with E-state index in [0.29, 0.717) is 11.3 Å². The van der Waals surface area contributed by atoms with Gasteiger partial charge in [-0.2, -0.15) is 5.26 Å². The van der Waals surface area contributed by atoms with Crippen LogP contribution in [0.25, 0.3) is 5.65 Å². The predicted octanol–water partition coefficient (Wildman–Crippen LogP) is 0.190. The summed E-state index contributed by atoms with van der Waals surface area (Å²) in [7, 11) is 0. The molecule has 2 heterocycles. The molecule has 0 aliphatic rings. The number of aromatic nitrogens is 4. The Balaban J connectivity index is 2.67. The standard InChI is InChI=1S/C7H5N5/c8-2-1-6-7-11-10-5-12(7)4-3-9-6/h3-5H,1H2. The minimum atomic E-state index is 0.267. The number of nitrogens with zero attached hydrogens (tertiary/aromatic N) is 5. The van der Waals surface area contributed by atoms with E-state index < -0.39 is 0 Å². The molecule has 0 saturated heterocycles. The van der Waals surface area contributed by atoms with Crippen molar-refractivity contribution in [3.05, 3.63) is 24.4 Å². The van der Waals surface area contributed by atoms with Gasteiger partial charge in [0.15, 0.2) is 5.65 Å². The van der Waals surface area contributed by atoms with Crippen molar-refractivity contribution < 1.29 is 0 Å². The summed E-state index contributed by atoms with van der Waals surface area (Å²) in [4.78, 5) is 4.02. The molecule has 0 bridgehead atoms. The zero-order valence-electron chi connectivity index (χ0n) is 6.18. The van der Waals surface area contributed by atoms with Gasteiger partial charge in [0.25, 0.3) is 0 Å². The smallest absolute Gasteiger partial charge is 0.183 e. The molecule has 0 aliphatic heterocycles. The maximum absolute atomic E-state index is 8.47. The normalized spacial score (nSPS) is 9.92. The van der Waals surface area contributed by atoms with Crippen molar-refractivity contribution in [3.63, 3.8) is 0 Å². The van der Waals surface area contributed by atoms with E-state index in [2.05, 4.69) is 15.2 Å². The molecule has 5 heteroatoms. The second kappa shape index (κ2) is 2.58. The fourth-order valence-corrected chi connectivity index (χ4v) is 1.01. The third-order valence-electron chi connectivity index (χ3n) is 1.54. The third kappa shape index (κ3) is 0.900. The molecule has 0 fully saturated rings. The molecule has 2 rings (SSSR count). The first-order valence-electron chi connectivity index (χ1n) is 3.42. The summed E-state index contributed by atoms with van der Waals surface area (Å²) < 4.78 is 1.74. The molecule has 0 radical (unpaired) electrons. The van der Waals surface area contributed by atoms with Crippen molar-refractivity contribution in [1.82, 2.24) is 19.6 Å². The SMILES string of the molecule is N#CCc1nccn2cnnc12. The maximum Gasteiger partial charge on any atom is 0.183 e. The van der Waals surface area contributed by atoms with Crippen LogP contribution in [0.3, 0.4) is 0 Å². The largest absolute Gasteiger partial charge is 0.286 e. The zero-order chi connectivity index (χ0) is 8.39. The van der Waals surface area contributed by atoms with Crippen molar-refractivity contribution in [2.24, 2.45) is 0 Å². The van der Waals surface area contributed by atoms with Gasteiger partial charge >= 0.3 is 0 Å². The average Bonchev–Trinajstić information content (AvgIpc) is 2.53. The molecule has 0 saturated carbocycles. The lowest BCUT2D eigenvalue weighted by atomic mass is 10.3. The van der Waals surface area contributed by atoms with E-state index in [1.807, 2.05) is 6.07 Å². The number of nitriles is 1. The average molecular weight is 159 g/mol. The highest BCUT2D eigenvalue weighted by molar-refractivity contribution is 5.42. The van der Waals surface area contributed by atoms with E-state index in [1.54, 1.807) is 23.1 Å². The Morgan fingerprint density at radius 1 is 1.58 bits per heavy atom. The summed E-state index contributed by atoms with van der Waals surface area (Å²) in [5.41, 5.74) is 1.32. The Morgan fingerprint density at radius 2 is 2.50 bits per heavy atom. The molecule has 0 atom stereocenters. The van der Waals surface area contributed by atoms with E-state index in [-0.39, 0.29) is 6.42 Å². The first-order chi connectivity index (χ1) is 5.92. The second-order valence-corrected chi connectivity index (χ2v) is 2.27. The van der Waals surface area contributed by atoms with Gasteiger partial charge in [-0.05, 0) is 0 Å². The Kier molecular flexibility index (Phi) is 1.45. The van der Waals surface area contributed by atoms with Crippen LogP contribution in [0.1, 0.15) is 5.69 Å². The van der Waals surface area contributed by atoms with E-state index in [9.17, 15) is 0 Å². The van der Waals surface area contributed by atoms with Crippen LogP contribution in [-0.2, 0) is 6.42 Å². The topological polar surface area (TPSA) is 66.9 Å². The monoisotopic (exact) mass is 159 g/mol. The molecule has 2 aromatic rings. The van der Waals surface area contributed by atoms with Crippen LogP contribution in [0.2, 0.25) is 0 Å². The van der Waals surface area contributed by atoms with Crippen molar-refractivity contribution in [3.8, 4) is 6.07 Å². The van der Waals surface area contributed by atoms with Gasteiger partial charge < -0.3 is 0 Å². The molecule has 0 aromatic carbocycles. The first-order valence-corrected chi connectivity index (χ1v) is 3.42. The van der Waals surface area contributed by atoms with Crippen LogP contribution < -0.4 is 0 Å². The maximum atomic E-state index is 8.47. The summed E-state index contributed by atoms with van der Waals surface area (Å²) in [6.45, 7) is 0.